The minimum Gasteiger partial charge on any atom is -0.294 e. The third kappa shape index (κ3) is 3.98. The first kappa shape index (κ1) is 10.4. The fourth-order valence-corrected chi connectivity index (χ4v) is 1.25. The Morgan fingerprint density at radius 1 is 1.27 bits per heavy atom. The predicted octanol–water partition coefficient (Wildman–Crippen LogP) is 1.80. The lowest BCUT2D eigenvalue weighted by molar-refractivity contribution is -0.119. The van der Waals surface area contributed by atoms with Crippen molar-refractivity contribution in [2.24, 2.45) is 0 Å². The summed E-state index contributed by atoms with van der Waals surface area (Å²) in [5.41, 5.74) is 0.303. The molecule has 0 saturated carbocycles. The molecule has 0 N–H and O–H groups in total. The molecule has 0 saturated heterocycles. The van der Waals surface area contributed by atoms with Crippen LogP contribution in [0, 0.1) is 0 Å². The Hall–Kier alpha value is -0.570. The summed E-state index contributed by atoms with van der Waals surface area (Å²) in [5, 5.41) is 1.63. The van der Waals surface area contributed by atoms with Gasteiger partial charge in [0.15, 0.2) is 11.6 Å². The van der Waals surface area contributed by atoms with E-state index >= 15 is 0 Å². The van der Waals surface area contributed by atoms with Crippen LogP contribution in [0.2, 0.25) is 0 Å². The standard InChI is InChI=1S/C8H12O2S/c1-4-11-5-8(6(2)9)7(3)10/h5H,4H2,1-3H3. The number of thioether (sulfide) groups is 1. The largest absolute Gasteiger partial charge is 0.294 e. The number of carbonyl (C=O) groups is 2. The van der Waals surface area contributed by atoms with E-state index in [0.717, 1.165) is 5.75 Å². The van der Waals surface area contributed by atoms with Gasteiger partial charge in [0.05, 0.1) is 5.57 Å². The molecule has 0 aromatic rings. The number of allylic oxidation sites excluding steroid dienone is 1. The first-order valence-corrected chi connectivity index (χ1v) is 4.48. The van der Waals surface area contributed by atoms with Crippen LogP contribution < -0.4 is 0 Å². The summed E-state index contributed by atoms with van der Waals surface area (Å²) in [7, 11) is 0. The molecular weight excluding hydrogens is 160 g/mol. The highest BCUT2D eigenvalue weighted by molar-refractivity contribution is 8.02. The van der Waals surface area contributed by atoms with Crippen LogP contribution in [0.3, 0.4) is 0 Å². The van der Waals surface area contributed by atoms with E-state index in [0.29, 0.717) is 5.57 Å². The summed E-state index contributed by atoms with van der Waals surface area (Å²) >= 11 is 1.47. The Morgan fingerprint density at radius 2 is 1.73 bits per heavy atom. The summed E-state index contributed by atoms with van der Waals surface area (Å²) < 4.78 is 0. The van der Waals surface area contributed by atoms with Crippen LogP contribution in [0.1, 0.15) is 20.8 Å². The molecule has 0 aliphatic carbocycles. The molecule has 0 bridgehead atoms. The third-order valence-electron chi connectivity index (χ3n) is 1.13. The van der Waals surface area contributed by atoms with Crippen molar-refractivity contribution in [3.8, 4) is 0 Å². The van der Waals surface area contributed by atoms with Crippen molar-refractivity contribution < 1.29 is 9.59 Å². The molecule has 0 radical (unpaired) electrons. The molecule has 0 aliphatic heterocycles. The molecule has 0 atom stereocenters. The lowest BCUT2D eigenvalue weighted by atomic mass is 10.1. The molecule has 2 nitrogen and oxygen atoms in total. The van der Waals surface area contributed by atoms with Gasteiger partial charge in [-0.2, -0.15) is 0 Å². The molecule has 0 spiro atoms. The molecule has 0 aromatic heterocycles. The maximum absolute atomic E-state index is 10.8. The summed E-state index contributed by atoms with van der Waals surface area (Å²) in [5.74, 6) is 0.571. The van der Waals surface area contributed by atoms with E-state index in [1.54, 1.807) is 5.41 Å². The Morgan fingerprint density at radius 3 is 2.00 bits per heavy atom. The summed E-state index contributed by atoms with van der Waals surface area (Å²) in [4.78, 5) is 21.6. The van der Waals surface area contributed by atoms with Gasteiger partial charge in [0.2, 0.25) is 0 Å². The van der Waals surface area contributed by atoms with E-state index in [-0.39, 0.29) is 11.6 Å². The van der Waals surface area contributed by atoms with Gasteiger partial charge < -0.3 is 0 Å². The van der Waals surface area contributed by atoms with Gasteiger partial charge in [0.1, 0.15) is 0 Å². The van der Waals surface area contributed by atoms with Gasteiger partial charge in [-0.05, 0) is 25.0 Å². The smallest absolute Gasteiger partial charge is 0.163 e. The van der Waals surface area contributed by atoms with E-state index in [2.05, 4.69) is 0 Å². The number of hydrogen-bond acceptors (Lipinski definition) is 3. The first-order valence-electron chi connectivity index (χ1n) is 3.43. The summed E-state index contributed by atoms with van der Waals surface area (Å²) in [6, 6.07) is 0. The van der Waals surface area contributed by atoms with Crippen molar-refractivity contribution in [1.82, 2.24) is 0 Å². The van der Waals surface area contributed by atoms with Gasteiger partial charge in [-0.1, -0.05) is 6.92 Å². The highest BCUT2D eigenvalue weighted by Gasteiger charge is 2.07. The van der Waals surface area contributed by atoms with E-state index in [1.807, 2.05) is 6.92 Å². The fraction of sp³-hybridized carbons (Fsp3) is 0.500. The molecular formula is C8H12O2S. The molecule has 0 aliphatic rings. The normalized spacial score (nSPS) is 9.00. The van der Waals surface area contributed by atoms with Gasteiger partial charge in [-0.25, -0.2) is 0 Å². The van der Waals surface area contributed by atoms with E-state index < -0.39 is 0 Å². The second kappa shape index (κ2) is 5.13. The van der Waals surface area contributed by atoms with E-state index in [9.17, 15) is 9.59 Å². The number of rotatable bonds is 4. The molecule has 0 aromatic carbocycles. The Kier molecular flexibility index (Phi) is 4.86. The van der Waals surface area contributed by atoms with Crippen molar-refractivity contribution in [2.75, 3.05) is 5.75 Å². The van der Waals surface area contributed by atoms with Gasteiger partial charge in [0.25, 0.3) is 0 Å². The molecule has 11 heavy (non-hydrogen) atoms. The van der Waals surface area contributed by atoms with Gasteiger partial charge in [-0.3, -0.25) is 9.59 Å². The van der Waals surface area contributed by atoms with Crippen molar-refractivity contribution in [1.29, 1.82) is 0 Å². The number of ketones is 2. The van der Waals surface area contributed by atoms with Crippen LogP contribution in [-0.4, -0.2) is 17.3 Å². The maximum atomic E-state index is 10.8. The average Bonchev–Trinajstić information content (AvgIpc) is 1.87. The van der Waals surface area contributed by atoms with Crippen molar-refractivity contribution >= 4 is 23.3 Å². The monoisotopic (exact) mass is 172 g/mol. The number of carbonyl (C=O) groups excluding carboxylic acids is 2. The SMILES string of the molecule is CCSC=C(C(C)=O)C(C)=O. The molecule has 3 heteroatoms. The third-order valence-corrected chi connectivity index (χ3v) is 1.86. The number of hydrogen-bond donors (Lipinski definition) is 0. The minimum atomic E-state index is -0.154. The Labute approximate surface area is 71.1 Å². The van der Waals surface area contributed by atoms with Gasteiger partial charge in [0, 0.05) is 0 Å². The Bertz CT molecular complexity index is 178. The van der Waals surface area contributed by atoms with Crippen LogP contribution in [0.15, 0.2) is 11.0 Å². The highest BCUT2D eigenvalue weighted by Crippen LogP contribution is 2.08. The lowest BCUT2D eigenvalue weighted by Gasteiger charge is -1.95. The van der Waals surface area contributed by atoms with Crippen LogP contribution in [0.4, 0.5) is 0 Å². The maximum Gasteiger partial charge on any atom is 0.163 e. The second-order valence-corrected chi connectivity index (χ2v) is 3.25. The summed E-state index contributed by atoms with van der Waals surface area (Å²) in [6.45, 7) is 4.78. The van der Waals surface area contributed by atoms with Crippen molar-refractivity contribution in [2.45, 2.75) is 20.8 Å². The summed E-state index contributed by atoms with van der Waals surface area (Å²) in [6.07, 6.45) is 0. The quantitative estimate of drug-likeness (QED) is 0.368. The van der Waals surface area contributed by atoms with E-state index in [4.69, 9.17) is 0 Å². The van der Waals surface area contributed by atoms with Crippen LogP contribution in [0.25, 0.3) is 0 Å². The highest BCUT2D eigenvalue weighted by atomic mass is 32.2. The van der Waals surface area contributed by atoms with Crippen LogP contribution in [0.5, 0.6) is 0 Å². The van der Waals surface area contributed by atoms with Gasteiger partial charge >= 0.3 is 0 Å². The molecule has 0 heterocycles. The number of Topliss-reactive ketones (excluding diaryl/α,β-unsaturated/α-hetero) is 2. The zero-order valence-electron chi connectivity index (χ0n) is 7.01. The van der Waals surface area contributed by atoms with Crippen LogP contribution in [-0.2, 0) is 9.59 Å². The topological polar surface area (TPSA) is 34.1 Å². The van der Waals surface area contributed by atoms with Gasteiger partial charge in [-0.15, -0.1) is 11.8 Å². The average molecular weight is 172 g/mol. The lowest BCUT2D eigenvalue weighted by Crippen LogP contribution is -2.05. The molecule has 0 rings (SSSR count). The molecule has 0 amide bonds. The second-order valence-electron chi connectivity index (χ2n) is 2.10. The molecule has 0 unspecified atom stereocenters. The molecule has 0 fully saturated rings. The minimum absolute atomic E-state index is 0.154. The zero-order valence-corrected chi connectivity index (χ0v) is 7.83. The molecule has 62 valence electrons. The van der Waals surface area contributed by atoms with Crippen molar-refractivity contribution in [3.05, 3.63) is 11.0 Å². The van der Waals surface area contributed by atoms with E-state index in [1.165, 1.54) is 25.6 Å². The Balaban J connectivity index is 4.33. The first-order chi connectivity index (χ1) is 5.09. The van der Waals surface area contributed by atoms with Crippen LogP contribution >= 0.6 is 11.8 Å². The fourth-order valence-electron chi connectivity index (χ4n) is 0.581. The zero-order chi connectivity index (χ0) is 8.85. The van der Waals surface area contributed by atoms with Crippen molar-refractivity contribution in [3.63, 3.8) is 0 Å². The predicted molar refractivity (Wildman–Crippen MR) is 47.6 cm³/mol.